The Morgan fingerprint density at radius 1 is 1.19 bits per heavy atom. The van der Waals surface area contributed by atoms with Gasteiger partial charge in [0.15, 0.2) is 0 Å². The molecular formula is C13H27NO2. The fraction of sp³-hybridized carbons (Fsp3) is 1.00. The lowest BCUT2D eigenvalue weighted by Crippen LogP contribution is -2.48. The van der Waals surface area contributed by atoms with Crippen molar-refractivity contribution in [3.05, 3.63) is 0 Å². The van der Waals surface area contributed by atoms with Crippen LogP contribution in [-0.2, 0) is 0 Å². The van der Waals surface area contributed by atoms with E-state index in [0.717, 1.165) is 25.8 Å². The summed E-state index contributed by atoms with van der Waals surface area (Å²) in [5, 5.41) is 19.8. The summed E-state index contributed by atoms with van der Waals surface area (Å²) in [6.45, 7) is 6.03. The van der Waals surface area contributed by atoms with Gasteiger partial charge >= 0.3 is 0 Å². The van der Waals surface area contributed by atoms with Gasteiger partial charge in [-0.3, -0.25) is 4.90 Å². The van der Waals surface area contributed by atoms with Gasteiger partial charge in [-0.05, 0) is 32.2 Å². The van der Waals surface area contributed by atoms with E-state index in [0.29, 0.717) is 6.54 Å². The van der Waals surface area contributed by atoms with Crippen molar-refractivity contribution in [3.63, 3.8) is 0 Å². The number of aliphatic hydroxyl groups is 2. The van der Waals surface area contributed by atoms with Crippen molar-refractivity contribution in [2.24, 2.45) is 0 Å². The summed E-state index contributed by atoms with van der Waals surface area (Å²) < 4.78 is 0. The average molecular weight is 229 g/mol. The van der Waals surface area contributed by atoms with Crippen LogP contribution in [0.5, 0.6) is 0 Å². The monoisotopic (exact) mass is 229 g/mol. The molecule has 0 radical (unpaired) electrons. The van der Waals surface area contributed by atoms with Crippen molar-refractivity contribution in [2.75, 3.05) is 19.7 Å². The van der Waals surface area contributed by atoms with Crippen molar-refractivity contribution in [3.8, 4) is 0 Å². The second-order valence-corrected chi connectivity index (χ2v) is 5.09. The van der Waals surface area contributed by atoms with Gasteiger partial charge in [-0.15, -0.1) is 0 Å². The number of nitrogens with zero attached hydrogens (tertiary/aromatic N) is 1. The summed E-state index contributed by atoms with van der Waals surface area (Å²) in [5.74, 6) is 0. The molecule has 3 heteroatoms. The lowest BCUT2D eigenvalue weighted by Gasteiger charge is -2.36. The summed E-state index contributed by atoms with van der Waals surface area (Å²) >= 11 is 0. The van der Waals surface area contributed by atoms with Gasteiger partial charge in [0.05, 0.1) is 12.2 Å². The van der Waals surface area contributed by atoms with Crippen LogP contribution in [0.1, 0.15) is 52.4 Å². The van der Waals surface area contributed by atoms with Crippen LogP contribution in [0.3, 0.4) is 0 Å². The Bertz CT molecular complexity index is 192. The van der Waals surface area contributed by atoms with Crippen LogP contribution in [0.25, 0.3) is 0 Å². The maximum atomic E-state index is 10.4. The zero-order valence-corrected chi connectivity index (χ0v) is 10.8. The smallest absolute Gasteiger partial charge is 0.0769 e. The summed E-state index contributed by atoms with van der Waals surface area (Å²) in [6, 6.07) is 0.257. The molecule has 0 amide bonds. The first-order chi connectivity index (χ1) is 7.65. The molecule has 1 saturated heterocycles. The van der Waals surface area contributed by atoms with Crippen molar-refractivity contribution >= 4 is 0 Å². The van der Waals surface area contributed by atoms with Gasteiger partial charge < -0.3 is 10.2 Å². The molecule has 1 aliphatic heterocycles. The van der Waals surface area contributed by atoms with Gasteiger partial charge in [0, 0.05) is 12.6 Å². The Labute approximate surface area is 99.5 Å². The molecular weight excluding hydrogens is 202 g/mol. The van der Waals surface area contributed by atoms with E-state index in [1.807, 2.05) is 13.8 Å². The molecule has 0 aromatic carbocycles. The normalized spacial score (nSPS) is 24.4. The predicted molar refractivity (Wildman–Crippen MR) is 66.4 cm³/mol. The number of aliphatic hydroxyl groups excluding tert-OH is 1. The van der Waals surface area contributed by atoms with Gasteiger partial charge in [-0.25, -0.2) is 0 Å². The topological polar surface area (TPSA) is 43.7 Å². The quantitative estimate of drug-likeness (QED) is 0.755. The largest absolute Gasteiger partial charge is 0.395 e. The van der Waals surface area contributed by atoms with E-state index < -0.39 is 5.60 Å². The van der Waals surface area contributed by atoms with Gasteiger partial charge in [0.1, 0.15) is 0 Å². The SMILES string of the molecule is CCC(O)(CC)CN1CCCCCC1CO. The van der Waals surface area contributed by atoms with E-state index in [1.54, 1.807) is 0 Å². The third-order valence-corrected chi connectivity index (χ3v) is 4.02. The molecule has 1 unspecified atom stereocenters. The highest BCUT2D eigenvalue weighted by Gasteiger charge is 2.29. The first-order valence-electron chi connectivity index (χ1n) is 6.72. The van der Waals surface area contributed by atoms with Crippen LogP contribution in [0.4, 0.5) is 0 Å². The first kappa shape index (κ1) is 13.9. The van der Waals surface area contributed by atoms with E-state index in [2.05, 4.69) is 4.90 Å². The number of hydrogen-bond acceptors (Lipinski definition) is 3. The Kier molecular flexibility index (Phi) is 5.73. The van der Waals surface area contributed by atoms with Crippen LogP contribution in [0, 0.1) is 0 Å². The average Bonchev–Trinajstić information content (AvgIpc) is 2.54. The Balaban J connectivity index is 2.60. The molecule has 0 saturated carbocycles. The molecule has 0 aromatic heterocycles. The second kappa shape index (κ2) is 6.58. The highest BCUT2D eigenvalue weighted by atomic mass is 16.3. The highest BCUT2D eigenvalue weighted by molar-refractivity contribution is 4.84. The van der Waals surface area contributed by atoms with Crippen molar-refractivity contribution < 1.29 is 10.2 Å². The van der Waals surface area contributed by atoms with Gasteiger partial charge in [-0.1, -0.05) is 26.7 Å². The lowest BCUT2D eigenvalue weighted by molar-refractivity contribution is -0.0214. The minimum atomic E-state index is -0.572. The molecule has 0 aromatic rings. The van der Waals surface area contributed by atoms with Crippen molar-refractivity contribution in [2.45, 2.75) is 64.0 Å². The second-order valence-electron chi connectivity index (χ2n) is 5.09. The van der Waals surface area contributed by atoms with Crippen LogP contribution < -0.4 is 0 Å². The van der Waals surface area contributed by atoms with Crippen molar-refractivity contribution in [1.29, 1.82) is 0 Å². The number of rotatable bonds is 5. The Morgan fingerprint density at radius 3 is 2.44 bits per heavy atom. The lowest BCUT2D eigenvalue weighted by atomic mass is 9.96. The molecule has 1 rings (SSSR count). The first-order valence-corrected chi connectivity index (χ1v) is 6.72. The third kappa shape index (κ3) is 3.72. The van der Waals surface area contributed by atoms with Gasteiger partial charge in [-0.2, -0.15) is 0 Å². The van der Waals surface area contributed by atoms with E-state index in [9.17, 15) is 10.2 Å². The van der Waals surface area contributed by atoms with E-state index in [-0.39, 0.29) is 12.6 Å². The maximum Gasteiger partial charge on any atom is 0.0769 e. The predicted octanol–water partition coefficient (Wildman–Crippen LogP) is 1.77. The summed E-state index contributed by atoms with van der Waals surface area (Å²) in [6.07, 6.45) is 6.30. The molecule has 1 fully saturated rings. The van der Waals surface area contributed by atoms with E-state index in [4.69, 9.17) is 0 Å². The molecule has 96 valence electrons. The minimum absolute atomic E-state index is 0.226. The molecule has 1 atom stereocenters. The van der Waals surface area contributed by atoms with Gasteiger partial charge in [0.25, 0.3) is 0 Å². The van der Waals surface area contributed by atoms with E-state index >= 15 is 0 Å². The van der Waals surface area contributed by atoms with Gasteiger partial charge in [0.2, 0.25) is 0 Å². The number of likely N-dealkylation sites (tertiary alicyclic amines) is 1. The fourth-order valence-electron chi connectivity index (χ4n) is 2.50. The summed E-state index contributed by atoms with van der Waals surface area (Å²) in [4.78, 5) is 2.29. The molecule has 16 heavy (non-hydrogen) atoms. The minimum Gasteiger partial charge on any atom is -0.395 e. The van der Waals surface area contributed by atoms with E-state index in [1.165, 1.54) is 19.3 Å². The summed E-state index contributed by atoms with van der Waals surface area (Å²) in [7, 11) is 0. The maximum absolute atomic E-state index is 10.4. The molecule has 0 aliphatic carbocycles. The van der Waals surface area contributed by atoms with Crippen LogP contribution in [0.2, 0.25) is 0 Å². The highest BCUT2D eigenvalue weighted by Crippen LogP contribution is 2.22. The van der Waals surface area contributed by atoms with Crippen LogP contribution >= 0.6 is 0 Å². The number of β-amino-alcohol motifs (C(OH)–C–C–N with tert-alkyl or cyclic N) is 1. The Hall–Kier alpha value is -0.120. The molecule has 0 spiro atoms. The summed E-state index contributed by atoms with van der Waals surface area (Å²) in [5.41, 5.74) is -0.572. The van der Waals surface area contributed by atoms with Crippen molar-refractivity contribution in [1.82, 2.24) is 4.90 Å². The third-order valence-electron chi connectivity index (χ3n) is 4.02. The molecule has 3 nitrogen and oxygen atoms in total. The fourth-order valence-corrected chi connectivity index (χ4v) is 2.50. The van der Waals surface area contributed by atoms with Crippen LogP contribution in [-0.4, -0.2) is 46.5 Å². The molecule has 1 heterocycles. The zero-order valence-electron chi connectivity index (χ0n) is 10.8. The van der Waals surface area contributed by atoms with Crippen LogP contribution in [0.15, 0.2) is 0 Å². The zero-order chi connectivity index (χ0) is 12.0. The Morgan fingerprint density at radius 2 is 1.88 bits per heavy atom. The molecule has 0 bridgehead atoms. The standard InChI is InChI=1S/C13H27NO2/c1-3-13(16,4-2)11-14-9-7-5-6-8-12(14)10-15/h12,15-16H,3-11H2,1-2H3. The molecule has 2 N–H and O–H groups in total. The number of hydrogen-bond donors (Lipinski definition) is 2. The molecule has 1 aliphatic rings.